The molecule has 21 heavy (non-hydrogen) atoms. The molecule has 1 aromatic heterocycles. The summed E-state index contributed by atoms with van der Waals surface area (Å²) >= 11 is 1.40. The van der Waals surface area contributed by atoms with Crippen LogP contribution in [0.2, 0.25) is 0 Å². The molecule has 2 heterocycles. The Morgan fingerprint density at radius 3 is 2.48 bits per heavy atom. The van der Waals surface area contributed by atoms with E-state index in [9.17, 15) is 9.59 Å². The number of urea groups is 1. The molecule has 0 bridgehead atoms. The summed E-state index contributed by atoms with van der Waals surface area (Å²) in [6.45, 7) is 5.00. The molecule has 0 atom stereocenters. The van der Waals surface area contributed by atoms with Gasteiger partial charge in [-0.05, 0) is 6.92 Å². The Morgan fingerprint density at radius 2 is 1.95 bits per heavy atom. The summed E-state index contributed by atoms with van der Waals surface area (Å²) in [6, 6.07) is -0.0707. The number of amides is 3. The molecular formula is C12H20ClN5O2S. The molecular weight excluding hydrogens is 314 g/mol. The number of carbonyl (C=O) groups is 2. The van der Waals surface area contributed by atoms with Crippen molar-refractivity contribution in [2.45, 2.75) is 13.5 Å². The maximum atomic E-state index is 12.2. The van der Waals surface area contributed by atoms with Crippen LogP contribution < -0.4 is 11.1 Å². The number of halogens is 1. The molecule has 1 saturated heterocycles. The molecule has 118 valence electrons. The lowest BCUT2D eigenvalue weighted by Crippen LogP contribution is -2.53. The average Bonchev–Trinajstić information content (AvgIpc) is 2.96. The van der Waals surface area contributed by atoms with Gasteiger partial charge in [-0.2, -0.15) is 0 Å². The van der Waals surface area contributed by atoms with E-state index in [4.69, 9.17) is 5.73 Å². The topological polar surface area (TPSA) is 91.6 Å². The van der Waals surface area contributed by atoms with Crippen LogP contribution in [0.1, 0.15) is 22.4 Å². The van der Waals surface area contributed by atoms with Crippen molar-refractivity contribution < 1.29 is 9.59 Å². The third-order valence-electron chi connectivity index (χ3n) is 3.13. The minimum atomic E-state index is -0.0866. The molecule has 0 radical (unpaired) electrons. The van der Waals surface area contributed by atoms with Crippen LogP contribution in [0.4, 0.5) is 4.79 Å². The maximum absolute atomic E-state index is 12.2. The zero-order valence-corrected chi connectivity index (χ0v) is 13.5. The monoisotopic (exact) mass is 333 g/mol. The van der Waals surface area contributed by atoms with E-state index in [1.54, 1.807) is 15.2 Å². The highest BCUT2D eigenvalue weighted by atomic mass is 35.5. The SMILES string of the molecule is CCNC(=O)N1CCN(C(=O)c2csc(CN)n2)CC1.Cl. The molecule has 0 saturated carbocycles. The molecule has 1 fully saturated rings. The van der Waals surface area contributed by atoms with E-state index in [-0.39, 0.29) is 24.3 Å². The van der Waals surface area contributed by atoms with Crippen LogP contribution in [0.3, 0.4) is 0 Å². The second kappa shape index (κ2) is 8.16. The predicted molar refractivity (Wildman–Crippen MR) is 83.8 cm³/mol. The molecule has 3 N–H and O–H groups in total. The number of nitrogens with one attached hydrogen (secondary N) is 1. The Balaban J connectivity index is 0.00000220. The maximum Gasteiger partial charge on any atom is 0.317 e. The summed E-state index contributed by atoms with van der Waals surface area (Å²) in [5.74, 6) is -0.0866. The van der Waals surface area contributed by atoms with E-state index in [2.05, 4.69) is 10.3 Å². The lowest BCUT2D eigenvalue weighted by Gasteiger charge is -2.34. The zero-order valence-electron chi connectivity index (χ0n) is 11.9. The first-order chi connectivity index (χ1) is 9.65. The summed E-state index contributed by atoms with van der Waals surface area (Å²) in [4.78, 5) is 31.6. The molecule has 0 aromatic carbocycles. The van der Waals surface area contributed by atoms with Gasteiger partial charge in [-0.25, -0.2) is 9.78 Å². The molecule has 1 aliphatic heterocycles. The van der Waals surface area contributed by atoms with Crippen molar-refractivity contribution in [1.29, 1.82) is 0 Å². The number of piperazine rings is 1. The van der Waals surface area contributed by atoms with Gasteiger partial charge in [0.2, 0.25) is 0 Å². The number of rotatable bonds is 3. The highest BCUT2D eigenvalue weighted by molar-refractivity contribution is 7.09. The molecule has 1 aliphatic rings. The second-order valence-electron chi connectivity index (χ2n) is 4.45. The molecule has 7 nitrogen and oxygen atoms in total. The largest absolute Gasteiger partial charge is 0.338 e. The summed E-state index contributed by atoms with van der Waals surface area (Å²) in [6.07, 6.45) is 0. The fourth-order valence-electron chi connectivity index (χ4n) is 2.04. The smallest absolute Gasteiger partial charge is 0.317 e. The van der Waals surface area contributed by atoms with Gasteiger partial charge in [-0.1, -0.05) is 0 Å². The summed E-state index contributed by atoms with van der Waals surface area (Å²) in [5.41, 5.74) is 5.94. The quantitative estimate of drug-likeness (QED) is 0.843. The average molecular weight is 334 g/mol. The van der Waals surface area contributed by atoms with Gasteiger partial charge in [0.05, 0.1) is 0 Å². The number of nitrogens with zero attached hydrogens (tertiary/aromatic N) is 3. The first-order valence-electron chi connectivity index (χ1n) is 6.62. The van der Waals surface area contributed by atoms with Crippen LogP contribution >= 0.6 is 23.7 Å². The van der Waals surface area contributed by atoms with Crippen molar-refractivity contribution in [3.63, 3.8) is 0 Å². The molecule has 0 spiro atoms. The van der Waals surface area contributed by atoms with Crippen molar-refractivity contribution in [2.75, 3.05) is 32.7 Å². The van der Waals surface area contributed by atoms with Crippen LogP contribution in [-0.4, -0.2) is 59.4 Å². The Bertz CT molecular complexity index is 488. The van der Waals surface area contributed by atoms with Gasteiger partial charge in [0.15, 0.2) is 0 Å². The van der Waals surface area contributed by atoms with E-state index >= 15 is 0 Å². The zero-order chi connectivity index (χ0) is 14.5. The van der Waals surface area contributed by atoms with Crippen molar-refractivity contribution in [2.24, 2.45) is 5.73 Å². The van der Waals surface area contributed by atoms with Gasteiger partial charge in [-0.3, -0.25) is 4.79 Å². The fourth-order valence-corrected chi connectivity index (χ4v) is 2.69. The van der Waals surface area contributed by atoms with E-state index in [1.807, 2.05) is 6.92 Å². The Labute approximate surface area is 133 Å². The van der Waals surface area contributed by atoms with Crippen molar-refractivity contribution in [3.05, 3.63) is 16.1 Å². The Hall–Kier alpha value is -1.38. The number of thiazole rings is 1. The lowest BCUT2D eigenvalue weighted by molar-refractivity contribution is 0.0660. The van der Waals surface area contributed by atoms with E-state index in [0.29, 0.717) is 45.0 Å². The first-order valence-corrected chi connectivity index (χ1v) is 7.50. The lowest BCUT2D eigenvalue weighted by atomic mass is 10.3. The van der Waals surface area contributed by atoms with Crippen LogP contribution in [0.15, 0.2) is 5.38 Å². The molecule has 9 heteroatoms. The van der Waals surface area contributed by atoms with Crippen molar-refractivity contribution >= 4 is 35.7 Å². The molecule has 1 aromatic rings. The molecule has 0 unspecified atom stereocenters. The van der Waals surface area contributed by atoms with Crippen molar-refractivity contribution in [1.82, 2.24) is 20.1 Å². The third-order valence-corrected chi connectivity index (χ3v) is 4.00. The fraction of sp³-hybridized carbons (Fsp3) is 0.583. The highest BCUT2D eigenvalue weighted by Crippen LogP contribution is 2.13. The van der Waals surface area contributed by atoms with E-state index < -0.39 is 0 Å². The van der Waals surface area contributed by atoms with Gasteiger partial charge >= 0.3 is 6.03 Å². The van der Waals surface area contributed by atoms with E-state index in [0.717, 1.165) is 5.01 Å². The number of hydrogen-bond acceptors (Lipinski definition) is 5. The van der Waals surface area contributed by atoms with Gasteiger partial charge in [0, 0.05) is 44.6 Å². The van der Waals surface area contributed by atoms with Crippen LogP contribution in [0, 0.1) is 0 Å². The standard InChI is InChI=1S/C12H19N5O2S.ClH/c1-2-14-12(19)17-5-3-16(4-6-17)11(18)9-8-20-10(7-13)15-9;/h8H,2-7,13H2,1H3,(H,14,19);1H. The van der Waals surface area contributed by atoms with Gasteiger partial charge in [0.25, 0.3) is 5.91 Å². The molecule has 2 rings (SSSR count). The molecule has 3 amide bonds. The van der Waals surface area contributed by atoms with Crippen LogP contribution in [-0.2, 0) is 6.54 Å². The van der Waals surface area contributed by atoms with Crippen LogP contribution in [0.5, 0.6) is 0 Å². The number of hydrogen-bond donors (Lipinski definition) is 2. The number of nitrogens with two attached hydrogens (primary N) is 1. The predicted octanol–water partition coefficient (Wildman–Crippen LogP) is 0.511. The van der Waals surface area contributed by atoms with Crippen LogP contribution in [0.25, 0.3) is 0 Å². The van der Waals surface area contributed by atoms with Gasteiger partial charge in [0.1, 0.15) is 10.7 Å². The minimum Gasteiger partial charge on any atom is -0.338 e. The Kier molecular flexibility index (Phi) is 6.86. The van der Waals surface area contributed by atoms with Gasteiger partial charge < -0.3 is 20.9 Å². The third kappa shape index (κ3) is 4.29. The normalized spacial score (nSPS) is 14.6. The Morgan fingerprint density at radius 1 is 1.33 bits per heavy atom. The second-order valence-corrected chi connectivity index (χ2v) is 5.39. The summed E-state index contributed by atoms with van der Waals surface area (Å²) < 4.78 is 0. The van der Waals surface area contributed by atoms with Crippen molar-refractivity contribution in [3.8, 4) is 0 Å². The number of aromatic nitrogens is 1. The number of carbonyl (C=O) groups excluding carboxylic acids is 2. The summed E-state index contributed by atoms with van der Waals surface area (Å²) in [5, 5.41) is 5.26. The first kappa shape index (κ1) is 17.7. The highest BCUT2D eigenvalue weighted by Gasteiger charge is 2.25. The summed E-state index contributed by atoms with van der Waals surface area (Å²) in [7, 11) is 0. The van der Waals surface area contributed by atoms with Gasteiger partial charge in [-0.15, -0.1) is 23.7 Å². The molecule has 0 aliphatic carbocycles. The minimum absolute atomic E-state index is 0. The van der Waals surface area contributed by atoms with E-state index in [1.165, 1.54) is 11.3 Å².